The molecule has 3 N–H and O–H groups in total. The van der Waals surface area contributed by atoms with Crippen molar-refractivity contribution in [3.63, 3.8) is 0 Å². The van der Waals surface area contributed by atoms with Gasteiger partial charge in [0.05, 0.1) is 31.9 Å². The summed E-state index contributed by atoms with van der Waals surface area (Å²) in [4.78, 5) is 4.48. The fourth-order valence-electron chi connectivity index (χ4n) is 8.03. The number of phenols is 2. The molecule has 9 nitrogen and oxygen atoms in total. The van der Waals surface area contributed by atoms with E-state index in [4.69, 9.17) is 14.2 Å². The second-order valence-electron chi connectivity index (χ2n) is 10.9. The minimum atomic E-state index is -0.558. The molecule has 2 fully saturated rings. The highest BCUT2D eigenvalue weighted by Gasteiger charge is 2.68. The van der Waals surface area contributed by atoms with Crippen molar-refractivity contribution in [3.05, 3.63) is 39.4 Å². The largest absolute Gasteiger partial charge is 0.507 e. The Labute approximate surface area is 209 Å². The molecule has 2 aromatic carbocycles. The van der Waals surface area contributed by atoms with E-state index in [2.05, 4.69) is 28.9 Å². The van der Waals surface area contributed by atoms with Gasteiger partial charge in [0.15, 0.2) is 23.0 Å². The lowest BCUT2D eigenvalue weighted by Crippen LogP contribution is -2.74. The lowest BCUT2D eigenvalue weighted by atomic mass is 9.70. The summed E-state index contributed by atoms with van der Waals surface area (Å²) in [5, 5.41) is 43.9. The molecule has 36 heavy (non-hydrogen) atoms. The molecule has 0 spiro atoms. The maximum absolute atomic E-state index is 11.5. The summed E-state index contributed by atoms with van der Waals surface area (Å²) < 4.78 is 17.1. The van der Waals surface area contributed by atoms with Gasteiger partial charge >= 0.3 is 0 Å². The number of piperazine rings is 1. The zero-order valence-electron chi connectivity index (χ0n) is 20.7. The van der Waals surface area contributed by atoms with Crippen molar-refractivity contribution in [2.75, 3.05) is 20.5 Å². The number of aliphatic hydroxyl groups excluding tert-OH is 1. The average molecular weight is 492 g/mol. The Morgan fingerprint density at radius 1 is 1.17 bits per heavy atom. The first-order valence-electron chi connectivity index (χ1n) is 12.4. The van der Waals surface area contributed by atoms with Crippen LogP contribution in [0, 0.1) is 25.2 Å². The zero-order chi connectivity index (χ0) is 25.3. The second kappa shape index (κ2) is 6.97. The summed E-state index contributed by atoms with van der Waals surface area (Å²) in [6.07, 6.45) is 1.21. The molecule has 0 amide bonds. The number of aliphatic hydroxyl groups is 1. The Hall–Kier alpha value is -3.19. The molecule has 188 valence electrons. The van der Waals surface area contributed by atoms with Crippen LogP contribution in [0.1, 0.15) is 58.8 Å². The third kappa shape index (κ3) is 2.27. The minimum Gasteiger partial charge on any atom is -0.507 e. The van der Waals surface area contributed by atoms with Crippen LogP contribution < -0.4 is 14.2 Å². The standard InChI is InChI=1S/C27H29N3O6/c1-11-5-14-20(23(33)24(11)34-4)21-15-6-13-19(26-25(35-10-36-26)12(2)22(13)32)18(9-31)29(15)17(8-28)16-7-27(14,3)30(16)21/h5,15-18,21,31-33H,6-7,9-10H2,1-4H3/t15?,16-,17+,18+,21-,27?/m1/s1. The predicted octanol–water partition coefficient (Wildman–Crippen LogP) is 2.66. The Morgan fingerprint density at radius 3 is 2.61 bits per heavy atom. The summed E-state index contributed by atoms with van der Waals surface area (Å²) in [7, 11) is 1.56. The van der Waals surface area contributed by atoms with Crippen LogP contribution in [-0.2, 0) is 12.0 Å². The lowest BCUT2D eigenvalue weighted by Gasteiger charge is -2.65. The van der Waals surface area contributed by atoms with Crippen LogP contribution in [0.5, 0.6) is 28.7 Å². The summed E-state index contributed by atoms with van der Waals surface area (Å²) >= 11 is 0. The van der Waals surface area contributed by atoms with E-state index in [1.165, 1.54) is 0 Å². The van der Waals surface area contributed by atoms with Gasteiger partial charge < -0.3 is 29.5 Å². The average Bonchev–Trinajstić information content (AvgIpc) is 3.42. The van der Waals surface area contributed by atoms with E-state index in [0.29, 0.717) is 40.4 Å². The number of phenolic OH excluding ortho intramolecular Hbond substituents is 2. The van der Waals surface area contributed by atoms with E-state index in [0.717, 1.165) is 23.1 Å². The van der Waals surface area contributed by atoms with Gasteiger partial charge in [0.1, 0.15) is 11.8 Å². The first-order chi connectivity index (χ1) is 17.3. The molecule has 7 rings (SSSR count). The van der Waals surface area contributed by atoms with Gasteiger partial charge in [-0.2, -0.15) is 5.26 Å². The molecule has 0 radical (unpaired) electrons. The van der Waals surface area contributed by atoms with Gasteiger partial charge in [-0.3, -0.25) is 9.80 Å². The van der Waals surface area contributed by atoms with Crippen LogP contribution in [0.15, 0.2) is 6.07 Å². The molecule has 2 saturated heterocycles. The molecule has 5 aliphatic rings. The molecule has 9 heteroatoms. The summed E-state index contributed by atoms with van der Waals surface area (Å²) in [6, 6.07) is 3.07. The molecular weight excluding hydrogens is 462 g/mol. The van der Waals surface area contributed by atoms with Crippen molar-refractivity contribution in [1.82, 2.24) is 9.80 Å². The Balaban J connectivity index is 1.49. The fourth-order valence-corrected chi connectivity index (χ4v) is 8.03. The monoisotopic (exact) mass is 491 g/mol. The van der Waals surface area contributed by atoms with E-state index >= 15 is 0 Å². The Bertz CT molecular complexity index is 1390. The summed E-state index contributed by atoms with van der Waals surface area (Å²) in [5.41, 5.74) is 4.47. The van der Waals surface area contributed by atoms with E-state index < -0.39 is 12.1 Å². The summed E-state index contributed by atoms with van der Waals surface area (Å²) in [6.45, 7) is 5.72. The molecule has 0 aromatic heterocycles. The van der Waals surface area contributed by atoms with Crippen LogP contribution in [0.3, 0.4) is 0 Å². The number of aromatic hydroxyl groups is 2. The second-order valence-corrected chi connectivity index (χ2v) is 10.9. The molecule has 0 saturated carbocycles. The number of methoxy groups -OCH3 is 1. The van der Waals surface area contributed by atoms with Crippen molar-refractivity contribution in [3.8, 4) is 34.8 Å². The number of aryl methyl sites for hydroxylation is 1. The van der Waals surface area contributed by atoms with E-state index in [1.54, 1.807) is 14.0 Å². The number of nitrogens with zero attached hydrogens (tertiary/aromatic N) is 3. The van der Waals surface area contributed by atoms with Gasteiger partial charge in [-0.1, -0.05) is 0 Å². The van der Waals surface area contributed by atoms with Crippen LogP contribution in [0.4, 0.5) is 0 Å². The van der Waals surface area contributed by atoms with Gasteiger partial charge in [-0.05, 0) is 50.8 Å². The molecule has 0 bridgehead atoms. The smallest absolute Gasteiger partial charge is 0.231 e. The molecule has 0 aliphatic carbocycles. The van der Waals surface area contributed by atoms with Crippen molar-refractivity contribution in [2.24, 2.45) is 0 Å². The van der Waals surface area contributed by atoms with Gasteiger partial charge in [-0.15, -0.1) is 0 Å². The highest BCUT2D eigenvalue weighted by Crippen LogP contribution is 2.67. The van der Waals surface area contributed by atoms with Crippen molar-refractivity contribution < 1.29 is 29.5 Å². The van der Waals surface area contributed by atoms with E-state index in [-0.39, 0.29) is 48.6 Å². The number of ether oxygens (including phenoxy) is 3. The number of hydrogen-bond acceptors (Lipinski definition) is 9. The maximum atomic E-state index is 11.5. The van der Waals surface area contributed by atoms with Crippen LogP contribution in [0.2, 0.25) is 0 Å². The third-order valence-electron chi connectivity index (χ3n) is 9.40. The van der Waals surface area contributed by atoms with Gasteiger partial charge in [0, 0.05) is 39.9 Å². The van der Waals surface area contributed by atoms with Crippen LogP contribution in [-0.4, -0.2) is 63.8 Å². The molecule has 6 atom stereocenters. The van der Waals surface area contributed by atoms with E-state index in [9.17, 15) is 20.6 Å². The van der Waals surface area contributed by atoms with Crippen molar-refractivity contribution >= 4 is 0 Å². The van der Waals surface area contributed by atoms with Crippen molar-refractivity contribution in [2.45, 2.75) is 69.4 Å². The lowest BCUT2D eigenvalue weighted by molar-refractivity contribution is -0.182. The van der Waals surface area contributed by atoms with E-state index in [1.807, 2.05) is 6.92 Å². The SMILES string of the molecule is COc1c(C)cc2c(c1O)[C@H]1C3Cc4c(O)c(C)c5c(c4[C@H](CO)N3[C@@H](C#N)[C@H]3CC2(C)N31)OCO5. The maximum Gasteiger partial charge on any atom is 0.231 e. The third-order valence-corrected chi connectivity index (χ3v) is 9.40. The topological polar surface area (TPSA) is 119 Å². The van der Waals surface area contributed by atoms with Gasteiger partial charge in [-0.25, -0.2) is 0 Å². The minimum absolute atomic E-state index is 0.0487. The summed E-state index contributed by atoms with van der Waals surface area (Å²) in [5.74, 6) is 1.78. The fraction of sp³-hybridized carbons (Fsp3) is 0.519. The number of fused-ring (bicyclic) bond motifs is 8. The Kier molecular flexibility index (Phi) is 4.27. The number of rotatable bonds is 2. The number of hydrogen-bond donors (Lipinski definition) is 3. The molecule has 2 unspecified atom stereocenters. The molecular formula is C27H29N3O6. The predicted molar refractivity (Wildman–Crippen MR) is 127 cm³/mol. The normalized spacial score (nSPS) is 33.2. The Morgan fingerprint density at radius 2 is 1.92 bits per heavy atom. The molecule has 5 heterocycles. The van der Waals surface area contributed by atoms with Gasteiger partial charge in [0.25, 0.3) is 0 Å². The number of benzene rings is 2. The van der Waals surface area contributed by atoms with Crippen molar-refractivity contribution in [1.29, 1.82) is 5.26 Å². The molecule has 5 aliphatic heterocycles. The van der Waals surface area contributed by atoms with Gasteiger partial charge in [0.2, 0.25) is 6.79 Å². The zero-order valence-corrected chi connectivity index (χ0v) is 20.7. The number of nitriles is 1. The highest BCUT2D eigenvalue weighted by molar-refractivity contribution is 5.67. The van der Waals surface area contributed by atoms with Crippen LogP contribution in [0.25, 0.3) is 0 Å². The van der Waals surface area contributed by atoms with Crippen LogP contribution >= 0.6 is 0 Å². The molecule has 2 aromatic rings. The first-order valence-corrected chi connectivity index (χ1v) is 12.4. The first kappa shape index (κ1) is 22.0. The highest BCUT2D eigenvalue weighted by atomic mass is 16.7. The quantitative estimate of drug-likeness (QED) is 0.583.